The molecule has 24 heavy (non-hydrogen) atoms. The van der Waals surface area contributed by atoms with Gasteiger partial charge < -0.3 is 0 Å². The minimum atomic E-state index is 0.213. The molecule has 2 heteroatoms. The molecule has 0 aliphatic rings. The van der Waals surface area contributed by atoms with Crippen LogP contribution in [0, 0.1) is 11.8 Å². The Bertz CT molecular complexity index is 332. The molecule has 0 rings (SSSR count). The lowest BCUT2D eigenvalue weighted by Gasteiger charge is -1.90. The normalized spacial score (nSPS) is 8.67. The van der Waals surface area contributed by atoms with Crippen LogP contribution in [0.25, 0.3) is 0 Å². The standard InChI is InChI=1S/2C6H12.2C5H10O/c2*1-5(2)6(3)4;2*1-4(2)5(3)6/h2*1-4H3;2*4H,1-3H3. The maximum absolute atomic E-state index is 10.1. The highest BCUT2D eigenvalue weighted by atomic mass is 16.1. The SMILES string of the molecule is CC(=O)C(C)C.CC(=O)C(C)C.CC(C)=C(C)C.CC(C)=C(C)C. The van der Waals surface area contributed by atoms with Gasteiger partial charge in [-0.15, -0.1) is 0 Å². The number of carbonyl (C=O) groups is 2. The van der Waals surface area contributed by atoms with Gasteiger partial charge in [-0.1, -0.05) is 50.0 Å². The second kappa shape index (κ2) is 18.2. The largest absolute Gasteiger partial charge is 0.300 e. The van der Waals surface area contributed by atoms with E-state index in [9.17, 15) is 9.59 Å². The van der Waals surface area contributed by atoms with Crippen LogP contribution in [-0.4, -0.2) is 11.6 Å². The first-order chi connectivity index (χ1) is 10.6. The molecule has 0 amide bonds. The van der Waals surface area contributed by atoms with Gasteiger partial charge in [0.2, 0.25) is 0 Å². The summed E-state index contributed by atoms with van der Waals surface area (Å²) in [5.41, 5.74) is 5.70. The smallest absolute Gasteiger partial charge is 0.132 e. The molecule has 0 spiro atoms. The first-order valence-electron chi connectivity index (χ1n) is 8.79. The number of ketones is 2. The summed E-state index contributed by atoms with van der Waals surface area (Å²) in [5.74, 6) is 0.944. The number of hydrogen-bond donors (Lipinski definition) is 0. The van der Waals surface area contributed by atoms with E-state index in [1.54, 1.807) is 13.8 Å². The molecule has 0 aliphatic heterocycles. The van der Waals surface area contributed by atoms with E-state index in [0.717, 1.165) is 0 Å². The fourth-order valence-electron chi connectivity index (χ4n) is 0. The number of Topliss-reactive ketones (excluding diaryl/α,β-unsaturated/α-hetero) is 2. The molecule has 2 nitrogen and oxygen atoms in total. The molecule has 0 aromatic rings. The molecule has 144 valence electrons. The lowest BCUT2D eigenvalue weighted by atomic mass is 10.1. The van der Waals surface area contributed by atoms with Gasteiger partial charge in [-0.25, -0.2) is 0 Å². The van der Waals surface area contributed by atoms with Crippen molar-refractivity contribution in [2.75, 3.05) is 0 Å². The van der Waals surface area contributed by atoms with Crippen molar-refractivity contribution < 1.29 is 9.59 Å². The van der Waals surface area contributed by atoms with Crippen LogP contribution in [0.4, 0.5) is 0 Å². The van der Waals surface area contributed by atoms with Crippen molar-refractivity contribution in [3.8, 4) is 0 Å². The summed E-state index contributed by atoms with van der Waals surface area (Å²) in [5, 5.41) is 0. The van der Waals surface area contributed by atoms with Crippen molar-refractivity contribution in [1.29, 1.82) is 0 Å². The van der Waals surface area contributed by atoms with E-state index in [-0.39, 0.29) is 23.4 Å². The van der Waals surface area contributed by atoms with Crippen LogP contribution in [0.2, 0.25) is 0 Å². The van der Waals surface area contributed by atoms with Gasteiger partial charge >= 0.3 is 0 Å². The topological polar surface area (TPSA) is 34.1 Å². The van der Waals surface area contributed by atoms with E-state index in [4.69, 9.17) is 0 Å². The van der Waals surface area contributed by atoms with Gasteiger partial charge in [0.1, 0.15) is 11.6 Å². The fraction of sp³-hybridized carbons (Fsp3) is 0.727. The molecule has 0 saturated carbocycles. The summed E-state index contributed by atoms with van der Waals surface area (Å²) in [6.07, 6.45) is 0. The summed E-state index contributed by atoms with van der Waals surface area (Å²) < 4.78 is 0. The zero-order valence-corrected chi connectivity index (χ0v) is 19.0. The molecule has 0 radical (unpaired) electrons. The first-order valence-corrected chi connectivity index (χ1v) is 8.79. The highest BCUT2D eigenvalue weighted by molar-refractivity contribution is 5.77. The monoisotopic (exact) mass is 340 g/mol. The Morgan fingerprint density at radius 1 is 0.417 bits per heavy atom. The molecule has 0 bridgehead atoms. The predicted molar refractivity (Wildman–Crippen MR) is 110 cm³/mol. The molecule has 0 atom stereocenters. The van der Waals surface area contributed by atoms with Crippen LogP contribution < -0.4 is 0 Å². The molecule has 0 saturated heterocycles. The Hall–Kier alpha value is -1.18. The number of allylic oxidation sites excluding steroid dienone is 4. The molecular weight excluding hydrogens is 296 g/mol. The number of rotatable bonds is 2. The molecule has 0 aromatic heterocycles. The maximum atomic E-state index is 10.1. The first kappa shape index (κ1) is 30.7. The summed E-state index contributed by atoms with van der Waals surface area (Å²) in [7, 11) is 0. The third-order valence-electron chi connectivity index (χ3n) is 3.63. The summed E-state index contributed by atoms with van der Waals surface area (Å²) >= 11 is 0. The van der Waals surface area contributed by atoms with Crippen molar-refractivity contribution in [1.82, 2.24) is 0 Å². The van der Waals surface area contributed by atoms with E-state index in [2.05, 4.69) is 55.4 Å². The van der Waals surface area contributed by atoms with E-state index < -0.39 is 0 Å². The van der Waals surface area contributed by atoms with Crippen molar-refractivity contribution >= 4 is 11.6 Å². The number of hydrogen-bond acceptors (Lipinski definition) is 2. The summed E-state index contributed by atoms with van der Waals surface area (Å²) in [4.78, 5) is 20.3. The van der Waals surface area contributed by atoms with Crippen LogP contribution in [0.3, 0.4) is 0 Å². The highest BCUT2D eigenvalue weighted by Gasteiger charge is 1.95. The molecule has 0 aromatic carbocycles. The molecule has 0 unspecified atom stereocenters. The van der Waals surface area contributed by atoms with E-state index in [1.807, 2.05) is 27.7 Å². The Kier molecular flexibility index (Phi) is 23.2. The Morgan fingerprint density at radius 2 is 0.500 bits per heavy atom. The number of carbonyl (C=O) groups excluding carboxylic acids is 2. The van der Waals surface area contributed by atoms with Gasteiger partial charge in [0.15, 0.2) is 0 Å². The third kappa shape index (κ3) is 37.2. The second-order valence-corrected chi connectivity index (χ2v) is 7.53. The van der Waals surface area contributed by atoms with Crippen molar-refractivity contribution in [3.63, 3.8) is 0 Å². The third-order valence-corrected chi connectivity index (χ3v) is 3.63. The van der Waals surface area contributed by atoms with E-state index in [0.29, 0.717) is 0 Å². The van der Waals surface area contributed by atoms with Crippen LogP contribution in [0.5, 0.6) is 0 Å². The minimum Gasteiger partial charge on any atom is -0.300 e. The lowest BCUT2D eigenvalue weighted by Crippen LogP contribution is -1.98. The highest BCUT2D eigenvalue weighted by Crippen LogP contribution is 1.97. The molecule has 0 fully saturated rings. The average molecular weight is 341 g/mol. The van der Waals surface area contributed by atoms with Crippen LogP contribution >= 0.6 is 0 Å². The fourth-order valence-corrected chi connectivity index (χ4v) is 0. The Balaban J connectivity index is -0.000000111. The zero-order chi connectivity index (χ0) is 20.6. The van der Waals surface area contributed by atoms with Crippen LogP contribution in [0.15, 0.2) is 22.3 Å². The van der Waals surface area contributed by atoms with Crippen LogP contribution in [-0.2, 0) is 9.59 Å². The zero-order valence-electron chi connectivity index (χ0n) is 19.0. The second-order valence-electron chi connectivity index (χ2n) is 7.53. The van der Waals surface area contributed by atoms with Crippen molar-refractivity contribution in [2.24, 2.45) is 11.8 Å². The molecule has 0 aliphatic carbocycles. The maximum Gasteiger partial charge on any atom is 0.132 e. The Morgan fingerprint density at radius 3 is 0.500 bits per heavy atom. The van der Waals surface area contributed by atoms with Gasteiger partial charge in [0.05, 0.1) is 0 Å². The van der Waals surface area contributed by atoms with E-state index in [1.165, 1.54) is 22.3 Å². The quantitative estimate of drug-likeness (QED) is 0.498. The molecule has 0 heterocycles. The van der Waals surface area contributed by atoms with Gasteiger partial charge in [0, 0.05) is 11.8 Å². The summed E-state index contributed by atoms with van der Waals surface area (Å²) in [6, 6.07) is 0. The van der Waals surface area contributed by atoms with Gasteiger partial charge in [-0.05, 0) is 69.2 Å². The van der Waals surface area contributed by atoms with Crippen molar-refractivity contribution in [3.05, 3.63) is 22.3 Å². The lowest BCUT2D eigenvalue weighted by molar-refractivity contribution is -0.120. The molecule has 0 N–H and O–H groups in total. The predicted octanol–water partition coefficient (Wildman–Crippen LogP) is 7.19. The van der Waals surface area contributed by atoms with Crippen LogP contribution in [0.1, 0.15) is 96.9 Å². The van der Waals surface area contributed by atoms with Gasteiger partial charge in [-0.3, -0.25) is 9.59 Å². The minimum absolute atomic E-state index is 0.213. The van der Waals surface area contributed by atoms with Gasteiger partial charge in [-0.2, -0.15) is 0 Å². The van der Waals surface area contributed by atoms with Crippen molar-refractivity contribution in [2.45, 2.75) is 96.9 Å². The summed E-state index contributed by atoms with van der Waals surface area (Å²) in [6.45, 7) is 27.7. The van der Waals surface area contributed by atoms with Gasteiger partial charge in [0.25, 0.3) is 0 Å². The van der Waals surface area contributed by atoms with E-state index >= 15 is 0 Å². The molecular formula is C22H44O2. The average Bonchev–Trinajstić information content (AvgIpc) is 2.40. The Labute approximate surface area is 152 Å².